The van der Waals surface area contributed by atoms with Crippen LogP contribution < -0.4 is 5.73 Å². The van der Waals surface area contributed by atoms with Crippen LogP contribution in [0, 0.1) is 0 Å². The summed E-state index contributed by atoms with van der Waals surface area (Å²) in [5.41, 5.74) is 8.98. The quantitative estimate of drug-likeness (QED) is 0.778. The summed E-state index contributed by atoms with van der Waals surface area (Å²) >= 11 is 6.03. The van der Waals surface area contributed by atoms with E-state index in [1.807, 2.05) is 28.9 Å². The molecule has 1 aromatic carbocycles. The Kier molecular flexibility index (Phi) is 2.50. The van der Waals surface area contributed by atoms with Gasteiger partial charge in [0.2, 0.25) is 0 Å². The van der Waals surface area contributed by atoms with Crippen LogP contribution in [0.1, 0.15) is 30.0 Å². The highest BCUT2D eigenvalue weighted by atomic mass is 35.5. The van der Waals surface area contributed by atoms with Crippen molar-refractivity contribution in [1.29, 1.82) is 0 Å². The third-order valence-corrected chi connectivity index (χ3v) is 3.92. The lowest BCUT2D eigenvalue weighted by atomic mass is 10.2. The second kappa shape index (κ2) is 4.24. The fourth-order valence-corrected chi connectivity index (χ4v) is 2.79. The van der Waals surface area contributed by atoms with Gasteiger partial charge in [-0.1, -0.05) is 23.7 Å². The molecule has 0 radical (unpaired) electrons. The van der Waals surface area contributed by atoms with E-state index in [0.29, 0.717) is 18.3 Å². The number of aromatic amines is 1. The predicted octanol–water partition coefficient (Wildman–Crippen LogP) is 2.92. The molecule has 20 heavy (non-hydrogen) atoms. The normalized spacial score (nSPS) is 15.1. The average molecular weight is 288 g/mol. The monoisotopic (exact) mass is 287 g/mol. The molecule has 0 unspecified atom stereocenters. The Labute approximate surface area is 120 Å². The molecule has 0 spiro atoms. The van der Waals surface area contributed by atoms with E-state index in [0.717, 1.165) is 27.3 Å². The van der Waals surface area contributed by atoms with E-state index in [1.165, 1.54) is 12.8 Å². The fourth-order valence-electron chi connectivity index (χ4n) is 2.57. The molecule has 0 bridgehead atoms. The van der Waals surface area contributed by atoms with Gasteiger partial charge in [-0.05, 0) is 30.5 Å². The number of benzene rings is 1. The Balaban J connectivity index is 1.80. The van der Waals surface area contributed by atoms with Gasteiger partial charge in [0.15, 0.2) is 5.65 Å². The third-order valence-electron chi connectivity index (χ3n) is 3.69. The van der Waals surface area contributed by atoms with Crippen molar-refractivity contribution in [3.05, 3.63) is 40.5 Å². The van der Waals surface area contributed by atoms with E-state index in [2.05, 4.69) is 10.2 Å². The lowest BCUT2D eigenvalue weighted by Gasteiger charge is -2.02. The van der Waals surface area contributed by atoms with Crippen LogP contribution in [-0.2, 0) is 6.54 Å². The molecular formula is C14H14ClN5. The van der Waals surface area contributed by atoms with Crippen molar-refractivity contribution in [3.8, 4) is 0 Å². The molecular weight excluding hydrogens is 274 g/mol. The van der Waals surface area contributed by atoms with Crippen LogP contribution in [0.4, 0.5) is 5.82 Å². The van der Waals surface area contributed by atoms with Crippen LogP contribution in [0.25, 0.3) is 11.0 Å². The number of nitrogen functional groups attached to an aromatic ring is 1. The van der Waals surface area contributed by atoms with Gasteiger partial charge in [-0.15, -0.1) is 0 Å². The standard InChI is InChI=1S/C14H14ClN5/c15-10-3-1-2-8(6-10)7-20-14-11(13(16)17-18-14)12(19-20)9-4-5-9/h1-3,6,9H,4-5,7H2,(H3,16,17,18). The average Bonchev–Trinajstić information content (AvgIpc) is 3.10. The highest BCUT2D eigenvalue weighted by Gasteiger charge is 2.31. The molecule has 0 aliphatic heterocycles. The maximum Gasteiger partial charge on any atom is 0.182 e. The Morgan fingerprint density at radius 3 is 3.00 bits per heavy atom. The van der Waals surface area contributed by atoms with Gasteiger partial charge in [-0.3, -0.25) is 5.10 Å². The minimum atomic E-state index is 0.540. The molecule has 1 aliphatic rings. The number of halogens is 1. The smallest absolute Gasteiger partial charge is 0.182 e. The molecule has 3 aromatic rings. The topological polar surface area (TPSA) is 72.5 Å². The number of hydrogen-bond donors (Lipinski definition) is 2. The summed E-state index contributed by atoms with van der Waals surface area (Å²) in [4.78, 5) is 0. The molecule has 0 atom stereocenters. The second-order valence-electron chi connectivity index (χ2n) is 5.28. The first-order valence-corrected chi connectivity index (χ1v) is 7.05. The Bertz CT molecular complexity index is 784. The molecule has 2 aromatic heterocycles. The van der Waals surface area contributed by atoms with E-state index >= 15 is 0 Å². The number of fused-ring (bicyclic) bond motifs is 1. The molecule has 102 valence electrons. The summed E-state index contributed by atoms with van der Waals surface area (Å²) in [6.45, 7) is 0.647. The summed E-state index contributed by atoms with van der Waals surface area (Å²) in [6.07, 6.45) is 2.38. The number of hydrogen-bond acceptors (Lipinski definition) is 3. The lowest BCUT2D eigenvalue weighted by molar-refractivity contribution is 0.683. The second-order valence-corrected chi connectivity index (χ2v) is 5.72. The van der Waals surface area contributed by atoms with Crippen LogP contribution in [-0.4, -0.2) is 20.0 Å². The largest absolute Gasteiger partial charge is 0.383 e. The van der Waals surface area contributed by atoms with E-state index in [-0.39, 0.29) is 0 Å². The van der Waals surface area contributed by atoms with Crippen LogP contribution >= 0.6 is 11.6 Å². The fraction of sp³-hybridized carbons (Fsp3) is 0.286. The van der Waals surface area contributed by atoms with Gasteiger partial charge in [-0.2, -0.15) is 10.2 Å². The molecule has 5 nitrogen and oxygen atoms in total. The van der Waals surface area contributed by atoms with Crippen molar-refractivity contribution in [2.75, 3.05) is 5.73 Å². The van der Waals surface area contributed by atoms with E-state index in [9.17, 15) is 0 Å². The Morgan fingerprint density at radius 1 is 1.40 bits per heavy atom. The Morgan fingerprint density at radius 2 is 2.25 bits per heavy atom. The highest BCUT2D eigenvalue weighted by Crippen LogP contribution is 2.43. The maximum absolute atomic E-state index is 6.03. The van der Waals surface area contributed by atoms with Crippen molar-refractivity contribution < 1.29 is 0 Å². The van der Waals surface area contributed by atoms with Crippen LogP contribution in [0.3, 0.4) is 0 Å². The molecule has 3 N–H and O–H groups in total. The molecule has 2 heterocycles. The first-order chi connectivity index (χ1) is 9.72. The van der Waals surface area contributed by atoms with E-state index in [1.54, 1.807) is 0 Å². The molecule has 4 rings (SSSR count). The van der Waals surface area contributed by atoms with Gasteiger partial charge in [-0.25, -0.2) is 4.68 Å². The number of nitrogens with one attached hydrogen (secondary N) is 1. The lowest BCUT2D eigenvalue weighted by Crippen LogP contribution is -2.03. The van der Waals surface area contributed by atoms with Crippen LogP contribution in [0.15, 0.2) is 24.3 Å². The summed E-state index contributed by atoms with van der Waals surface area (Å²) in [7, 11) is 0. The van der Waals surface area contributed by atoms with Gasteiger partial charge in [0.05, 0.1) is 17.6 Å². The Hall–Kier alpha value is -2.01. The molecule has 0 amide bonds. The number of rotatable bonds is 3. The number of aromatic nitrogens is 4. The molecule has 1 fully saturated rings. The van der Waals surface area contributed by atoms with E-state index < -0.39 is 0 Å². The minimum Gasteiger partial charge on any atom is -0.383 e. The number of anilines is 1. The zero-order valence-corrected chi connectivity index (χ0v) is 11.6. The van der Waals surface area contributed by atoms with Gasteiger partial charge < -0.3 is 5.73 Å². The van der Waals surface area contributed by atoms with Gasteiger partial charge in [0.1, 0.15) is 5.82 Å². The highest BCUT2D eigenvalue weighted by molar-refractivity contribution is 6.30. The van der Waals surface area contributed by atoms with Crippen molar-refractivity contribution in [3.63, 3.8) is 0 Å². The zero-order valence-electron chi connectivity index (χ0n) is 10.8. The number of H-pyrrole nitrogens is 1. The van der Waals surface area contributed by atoms with Gasteiger partial charge >= 0.3 is 0 Å². The zero-order chi connectivity index (χ0) is 13.7. The van der Waals surface area contributed by atoms with Crippen molar-refractivity contribution in [1.82, 2.24) is 20.0 Å². The maximum atomic E-state index is 6.03. The van der Waals surface area contributed by atoms with Gasteiger partial charge in [0.25, 0.3) is 0 Å². The van der Waals surface area contributed by atoms with Crippen LogP contribution in [0.2, 0.25) is 5.02 Å². The number of nitrogens with two attached hydrogens (primary N) is 1. The minimum absolute atomic E-state index is 0.540. The van der Waals surface area contributed by atoms with E-state index in [4.69, 9.17) is 22.4 Å². The summed E-state index contributed by atoms with van der Waals surface area (Å²) in [5.74, 6) is 1.15. The third kappa shape index (κ3) is 1.86. The summed E-state index contributed by atoms with van der Waals surface area (Å²) in [6, 6.07) is 7.79. The summed E-state index contributed by atoms with van der Waals surface area (Å²) in [5, 5.41) is 13.6. The van der Waals surface area contributed by atoms with Crippen LogP contribution in [0.5, 0.6) is 0 Å². The first-order valence-electron chi connectivity index (χ1n) is 6.67. The van der Waals surface area contributed by atoms with Crippen molar-refractivity contribution in [2.24, 2.45) is 0 Å². The molecule has 6 heteroatoms. The molecule has 0 saturated heterocycles. The summed E-state index contributed by atoms with van der Waals surface area (Å²) < 4.78 is 1.90. The van der Waals surface area contributed by atoms with Crippen molar-refractivity contribution >= 4 is 28.5 Å². The first kappa shape index (κ1) is 11.8. The molecule has 1 saturated carbocycles. The predicted molar refractivity (Wildman–Crippen MR) is 78.8 cm³/mol. The van der Waals surface area contributed by atoms with Crippen molar-refractivity contribution in [2.45, 2.75) is 25.3 Å². The van der Waals surface area contributed by atoms with Gasteiger partial charge in [0, 0.05) is 10.9 Å². The molecule has 1 aliphatic carbocycles. The number of nitrogens with zero attached hydrogens (tertiary/aromatic N) is 3. The SMILES string of the molecule is Nc1[nH]nc2c1c(C1CC1)nn2Cc1cccc(Cl)c1.